The van der Waals surface area contributed by atoms with Gasteiger partial charge in [0.25, 0.3) is 0 Å². The van der Waals surface area contributed by atoms with Crippen LogP contribution in [-0.4, -0.2) is 6.54 Å². The predicted octanol–water partition coefficient (Wildman–Crippen LogP) is 13.1. The van der Waals surface area contributed by atoms with Crippen molar-refractivity contribution in [1.82, 2.24) is 0 Å². The van der Waals surface area contributed by atoms with Crippen LogP contribution in [0.3, 0.4) is 0 Å². The largest absolute Gasteiger partial charge is 0.455 e. The number of anilines is 1. The molecule has 1 atom stereocenters. The summed E-state index contributed by atoms with van der Waals surface area (Å²) in [6.07, 6.45) is 1.03. The van der Waals surface area contributed by atoms with E-state index in [0.717, 1.165) is 35.2 Å². The molecule has 1 aliphatic heterocycles. The molecule has 0 bridgehead atoms. The third-order valence-corrected chi connectivity index (χ3v) is 11.6. The zero-order valence-corrected chi connectivity index (χ0v) is 29.5. The van der Waals surface area contributed by atoms with E-state index in [2.05, 4.69) is 189 Å². The van der Waals surface area contributed by atoms with Crippen LogP contribution in [0.4, 0.5) is 5.69 Å². The van der Waals surface area contributed by atoms with Gasteiger partial charge in [-0.25, -0.2) is 0 Å². The smallest absolute Gasteiger partial charge is 0.140 e. The summed E-state index contributed by atoms with van der Waals surface area (Å²) in [4.78, 5) is 2.51. The van der Waals surface area contributed by atoms with Crippen molar-refractivity contribution in [2.24, 2.45) is 0 Å². The van der Waals surface area contributed by atoms with Crippen molar-refractivity contribution in [3.05, 3.63) is 198 Å². The van der Waals surface area contributed by atoms with Gasteiger partial charge in [-0.15, -0.1) is 0 Å². The fourth-order valence-electron chi connectivity index (χ4n) is 9.32. The lowest BCUT2D eigenvalue weighted by Crippen LogP contribution is -2.32. The van der Waals surface area contributed by atoms with Crippen LogP contribution in [-0.2, 0) is 5.41 Å². The first-order chi connectivity index (χ1) is 25.7. The summed E-state index contributed by atoms with van der Waals surface area (Å²) >= 11 is 0. The van der Waals surface area contributed by atoms with Gasteiger partial charge in [0, 0.05) is 34.1 Å². The topological polar surface area (TPSA) is 12.5 Å². The highest BCUT2D eigenvalue weighted by molar-refractivity contribution is 6.00. The number of nitrogens with zero attached hydrogens (tertiary/aromatic N) is 1. The standard InChI is InChI=1S/C50H39NO/c1-3-47(51(4-2)38-16-6-5-7-17-38)36-24-22-33(23-25-36)37-26-29-42-41-20-12-13-21-43(41)50(46(42)32-37)44-30-27-34-14-8-10-18-39(34)48(44)52-49-40-19-11-9-15-35(40)28-31-45(49)50/h5-32,47H,3-4H2,1-2H3. The fraction of sp³-hybridized carbons (Fsp3) is 0.120. The van der Waals surface area contributed by atoms with Crippen LogP contribution in [0.15, 0.2) is 170 Å². The maximum atomic E-state index is 7.14. The van der Waals surface area contributed by atoms with Gasteiger partial charge in [-0.2, -0.15) is 0 Å². The van der Waals surface area contributed by atoms with Crippen LogP contribution in [0.5, 0.6) is 11.5 Å². The van der Waals surface area contributed by atoms with E-state index in [0.29, 0.717) is 6.04 Å². The van der Waals surface area contributed by atoms with Gasteiger partial charge in [-0.3, -0.25) is 0 Å². The molecule has 1 spiro atoms. The molecule has 8 aromatic carbocycles. The van der Waals surface area contributed by atoms with Crippen LogP contribution >= 0.6 is 0 Å². The molecule has 8 aromatic rings. The van der Waals surface area contributed by atoms with Crippen LogP contribution in [0.1, 0.15) is 54.1 Å². The zero-order valence-electron chi connectivity index (χ0n) is 29.5. The monoisotopic (exact) mass is 669 g/mol. The van der Waals surface area contributed by atoms with Gasteiger partial charge in [-0.05, 0) is 81.3 Å². The van der Waals surface area contributed by atoms with Gasteiger partial charge < -0.3 is 9.64 Å². The molecule has 0 N–H and O–H groups in total. The van der Waals surface area contributed by atoms with Crippen molar-refractivity contribution in [2.75, 3.05) is 11.4 Å². The van der Waals surface area contributed by atoms with Gasteiger partial charge in [0.1, 0.15) is 11.5 Å². The molecule has 52 heavy (non-hydrogen) atoms. The Kier molecular flexibility index (Phi) is 7.08. The van der Waals surface area contributed by atoms with E-state index in [4.69, 9.17) is 4.74 Å². The second-order valence-electron chi connectivity index (χ2n) is 14.2. The van der Waals surface area contributed by atoms with E-state index >= 15 is 0 Å². The number of hydrogen-bond acceptors (Lipinski definition) is 2. The van der Waals surface area contributed by atoms with Gasteiger partial charge in [0.05, 0.1) is 11.5 Å². The third-order valence-electron chi connectivity index (χ3n) is 11.6. The molecule has 0 radical (unpaired) electrons. The highest BCUT2D eigenvalue weighted by Gasteiger charge is 2.51. The lowest BCUT2D eigenvalue weighted by molar-refractivity contribution is 0.447. The van der Waals surface area contributed by atoms with Crippen molar-refractivity contribution in [2.45, 2.75) is 31.7 Å². The summed E-state index contributed by atoms with van der Waals surface area (Å²) in [5.41, 5.74) is 12.1. The van der Waals surface area contributed by atoms with Crippen LogP contribution < -0.4 is 9.64 Å². The Morgan fingerprint density at radius 3 is 1.73 bits per heavy atom. The van der Waals surface area contributed by atoms with Crippen LogP contribution in [0.25, 0.3) is 43.8 Å². The average molecular weight is 670 g/mol. The van der Waals surface area contributed by atoms with Crippen molar-refractivity contribution >= 4 is 27.2 Å². The number of ether oxygens (including phenoxy) is 1. The second kappa shape index (κ2) is 12.0. The molecule has 0 aromatic heterocycles. The summed E-state index contributed by atoms with van der Waals surface area (Å²) < 4.78 is 7.14. The molecule has 2 heteroatoms. The number of hydrogen-bond donors (Lipinski definition) is 0. The predicted molar refractivity (Wildman–Crippen MR) is 217 cm³/mol. The summed E-state index contributed by atoms with van der Waals surface area (Å²) in [6, 6.07) is 63.0. The minimum atomic E-state index is -0.552. The van der Waals surface area contributed by atoms with Crippen molar-refractivity contribution in [3.63, 3.8) is 0 Å². The number of fused-ring (bicyclic) bond motifs is 13. The minimum absolute atomic E-state index is 0.305. The maximum Gasteiger partial charge on any atom is 0.140 e. The Balaban J connectivity index is 1.18. The first-order valence-corrected chi connectivity index (χ1v) is 18.6. The first-order valence-electron chi connectivity index (χ1n) is 18.6. The summed E-state index contributed by atoms with van der Waals surface area (Å²) in [6.45, 7) is 5.49. The second-order valence-corrected chi connectivity index (χ2v) is 14.2. The van der Waals surface area contributed by atoms with E-state index < -0.39 is 5.41 Å². The molecule has 0 saturated heterocycles. The zero-order chi connectivity index (χ0) is 34.8. The molecular formula is C50H39NO. The Morgan fingerprint density at radius 1 is 0.500 bits per heavy atom. The molecule has 1 aliphatic carbocycles. The van der Waals surface area contributed by atoms with Crippen molar-refractivity contribution < 1.29 is 4.74 Å². The van der Waals surface area contributed by atoms with Gasteiger partial charge >= 0.3 is 0 Å². The normalized spacial score (nSPS) is 14.0. The molecule has 0 saturated carbocycles. The lowest BCUT2D eigenvalue weighted by Gasteiger charge is -2.40. The fourth-order valence-corrected chi connectivity index (χ4v) is 9.32. The summed E-state index contributed by atoms with van der Waals surface area (Å²) in [7, 11) is 0. The molecule has 0 amide bonds. The molecule has 2 nitrogen and oxygen atoms in total. The van der Waals surface area contributed by atoms with Crippen molar-refractivity contribution in [3.8, 4) is 33.8 Å². The third kappa shape index (κ3) is 4.37. The number of rotatable bonds is 6. The lowest BCUT2D eigenvalue weighted by atomic mass is 9.65. The maximum absolute atomic E-state index is 7.14. The number of para-hydroxylation sites is 1. The summed E-state index contributed by atoms with van der Waals surface area (Å²) in [5.74, 6) is 1.90. The highest BCUT2D eigenvalue weighted by Crippen LogP contribution is 2.64. The van der Waals surface area contributed by atoms with Gasteiger partial charge in [0.2, 0.25) is 0 Å². The van der Waals surface area contributed by atoms with Gasteiger partial charge in [-0.1, -0.05) is 159 Å². The van der Waals surface area contributed by atoms with Crippen LogP contribution in [0.2, 0.25) is 0 Å². The quantitative estimate of drug-likeness (QED) is 0.175. The molecule has 1 heterocycles. The van der Waals surface area contributed by atoms with E-state index in [1.54, 1.807) is 0 Å². The Hall–Kier alpha value is -6.12. The Morgan fingerprint density at radius 2 is 1.08 bits per heavy atom. The molecular weight excluding hydrogens is 631 g/mol. The highest BCUT2D eigenvalue weighted by atomic mass is 16.5. The molecule has 1 unspecified atom stereocenters. The van der Waals surface area contributed by atoms with Crippen LogP contribution in [0, 0.1) is 0 Å². The Bertz CT molecular complexity index is 2550. The molecule has 10 rings (SSSR count). The molecule has 250 valence electrons. The van der Waals surface area contributed by atoms with E-state index in [1.165, 1.54) is 66.5 Å². The van der Waals surface area contributed by atoms with Gasteiger partial charge in [0.15, 0.2) is 0 Å². The van der Waals surface area contributed by atoms with E-state index in [9.17, 15) is 0 Å². The average Bonchev–Trinajstić information content (AvgIpc) is 3.50. The minimum Gasteiger partial charge on any atom is -0.455 e. The van der Waals surface area contributed by atoms with E-state index in [-0.39, 0.29) is 0 Å². The number of benzene rings is 8. The SMILES string of the molecule is CCC(c1ccc(-c2ccc3c(c2)C2(c4ccccc4-3)c3ccc4ccccc4c3Oc3c2ccc2ccccc32)cc1)N(CC)c1ccccc1. The van der Waals surface area contributed by atoms with Crippen molar-refractivity contribution in [1.29, 1.82) is 0 Å². The first kappa shape index (κ1) is 30.7. The molecule has 0 fully saturated rings. The Labute approximate surface area is 305 Å². The summed E-state index contributed by atoms with van der Waals surface area (Å²) in [5, 5.41) is 4.63. The van der Waals surface area contributed by atoms with E-state index in [1.807, 2.05) is 0 Å². The molecule has 2 aliphatic rings.